The molecule has 22 heavy (non-hydrogen) atoms. The van der Waals surface area contributed by atoms with Gasteiger partial charge in [-0.1, -0.05) is 19.1 Å². The quantitative estimate of drug-likeness (QED) is 0.800. The van der Waals surface area contributed by atoms with Gasteiger partial charge >= 0.3 is 0 Å². The molecule has 0 spiro atoms. The van der Waals surface area contributed by atoms with Crippen molar-refractivity contribution in [3.63, 3.8) is 0 Å². The highest BCUT2D eigenvalue weighted by Crippen LogP contribution is 2.30. The number of rotatable bonds is 3. The largest absolute Gasteiger partial charge is 0.361 e. The molecule has 2 aromatic heterocycles. The lowest BCUT2D eigenvalue weighted by molar-refractivity contribution is 0.186. The summed E-state index contributed by atoms with van der Waals surface area (Å²) in [5.41, 5.74) is 2.37. The van der Waals surface area contributed by atoms with Gasteiger partial charge in [0, 0.05) is 42.1 Å². The van der Waals surface area contributed by atoms with Gasteiger partial charge in [-0.3, -0.25) is 0 Å². The maximum atomic E-state index is 4.67. The standard InChI is InChI=1S/C18H22N4/c1-2-21-11-4-6-15(13-21)22-12-10-20-18(22)16-7-3-5-14-8-9-19-17(14)16/h3,5,7-10,12,15,19H,2,4,6,11,13H2,1H3. The molecule has 114 valence electrons. The van der Waals surface area contributed by atoms with Gasteiger partial charge in [0.1, 0.15) is 5.82 Å². The van der Waals surface area contributed by atoms with E-state index in [9.17, 15) is 0 Å². The number of nitrogens with zero attached hydrogens (tertiary/aromatic N) is 3. The lowest BCUT2D eigenvalue weighted by atomic mass is 10.0. The number of benzene rings is 1. The van der Waals surface area contributed by atoms with Crippen molar-refractivity contribution in [1.82, 2.24) is 19.4 Å². The topological polar surface area (TPSA) is 36.9 Å². The van der Waals surface area contributed by atoms with Crippen molar-refractivity contribution in [2.45, 2.75) is 25.8 Å². The number of likely N-dealkylation sites (N-methyl/N-ethyl adjacent to an activating group) is 1. The highest BCUT2D eigenvalue weighted by atomic mass is 15.2. The van der Waals surface area contributed by atoms with Crippen LogP contribution in [0.2, 0.25) is 0 Å². The molecular weight excluding hydrogens is 272 g/mol. The minimum Gasteiger partial charge on any atom is -0.361 e. The number of hydrogen-bond acceptors (Lipinski definition) is 2. The van der Waals surface area contributed by atoms with Gasteiger partial charge in [-0.05, 0) is 38.1 Å². The van der Waals surface area contributed by atoms with Crippen molar-refractivity contribution in [3.05, 3.63) is 42.9 Å². The Labute approximate surface area is 130 Å². The number of imidazole rings is 1. The van der Waals surface area contributed by atoms with Crippen LogP contribution in [-0.4, -0.2) is 39.1 Å². The van der Waals surface area contributed by atoms with Gasteiger partial charge in [-0.2, -0.15) is 0 Å². The summed E-state index contributed by atoms with van der Waals surface area (Å²) in [7, 11) is 0. The number of hydrogen-bond donors (Lipinski definition) is 1. The molecule has 0 saturated carbocycles. The molecule has 0 bridgehead atoms. The van der Waals surface area contributed by atoms with E-state index < -0.39 is 0 Å². The van der Waals surface area contributed by atoms with Gasteiger partial charge < -0.3 is 14.5 Å². The van der Waals surface area contributed by atoms with Crippen LogP contribution in [0, 0.1) is 0 Å². The molecule has 1 N–H and O–H groups in total. The van der Waals surface area contributed by atoms with E-state index in [-0.39, 0.29) is 0 Å². The molecule has 4 heteroatoms. The fraction of sp³-hybridized carbons (Fsp3) is 0.389. The van der Waals surface area contributed by atoms with Gasteiger partial charge in [0.05, 0.1) is 5.52 Å². The molecule has 1 unspecified atom stereocenters. The third-order valence-electron chi connectivity index (χ3n) is 4.82. The predicted molar refractivity (Wildman–Crippen MR) is 89.9 cm³/mol. The van der Waals surface area contributed by atoms with Crippen LogP contribution < -0.4 is 0 Å². The number of piperidine rings is 1. The van der Waals surface area contributed by atoms with Crippen LogP contribution in [0.1, 0.15) is 25.8 Å². The third-order valence-corrected chi connectivity index (χ3v) is 4.82. The average molecular weight is 294 g/mol. The Bertz CT molecular complexity index is 770. The normalized spacial score (nSPS) is 19.8. The van der Waals surface area contributed by atoms with Gasteiger partial charge in [0.15, 0.2) is 0 Å². The second-order valence-electron chi connectivity index (χ2n) is 6.09. The summed E-state index contributed by atoms with van der Waals surface area (Å²) in [6.45, 7) is 5.73. The molecule has 4 rings (SSSR count). The van der Waals surface area contributed by atoms with E-state index in [1.54, 1.807) is 0 Å². The molecule has 0 aliphatic carbocycles. The van der Waals surface area contributed by atoms with Crippen LogP contribution in [-0.2, 0) is 0 Å². The molecule has 1 fully saturated rings. The van der Waals surface area contributed by atoms with E-state index in [0.29, 0.717) is 6.04 Å². The molecule has 1 atom stereocenters. The summed E-state index contributed by atoms with van der Waals surface area (Å²) < 4.78 is 2.37. The van der Waals surface area contributed by atoms with Crippen LogP contribution in [0.25, 0.3) is 22.3 Å². The number of para-hydroxylation sites is 1. The maximum Gasteiger partial charge on any atom is 0.142 e. The number of nitrogens with one attached hydrogen (secondary N) is 1. The Morgan fingerprint density at radius 3 is 3.18 bits per heavy atom. The third kappa shape index (κ3) is 2.24. The Kier molecular flexibility index (Phi) is 3.47. The minimum atomic E-state index is 0.524. The van der Waals surface area contributed by atoms with Crippen molar-refractivity contribution < 1.29 is 0 Å². The highest BCUT2D eigenvalue weighted by Gasteiger charge is 2.23. The maximum absolute atomic E-state index is 4.67. The molecule has 0 radical (unpaired) electrons. The molecule has 1 aliphatic heterocycles. The molecule has 0 amide bonds. The smallest absolute Gasteiger partial charge is 0.142 e. The van der Waals surface area contributed by atoms with Gasteiger partial charge in [0.25, 0.3) is 0 Å². The Hall–Kier alpha value is -2.07. The molecule has 3 heterocycles. The average Bonchev–Trinajstić information content (AvgIpc) is 3.23. The fourth-order valence-corrected chi connectivity index (χ4v) is 3.63. The first-order valence-electron chi connectivity index (χ1n) is 8.18. The van der Waals surface area contributed by atoms with E-state index in [0.717, 1.165) is 18.9 Å². The molecule has 1 aliphatic rings. The van der Waals surface area contributed by atoms with E-state index in [1.165, 1.54) is 35.9 Å². The summed E-state index contributed by atoms with van der Waals surface area (Å²) in [6, 6.07) is 9.06. The lowest BCUT2D eigenvalue weighted by Crippen LogP contribution is -2.36. The van der Waals surface area contributed by atoms with E-state index in [1.807, 2.05) is 12.4 Å². The monoisotopic (exact) mass is 294 g/mol. The van der Waals surface area contributed by atoms with Crippen LogP contribution in [0.4, 0.5) is 0 Å². The summed E-state index contributed by atoms with van der Waals surface area (Å²) in [5, 5.41) is 1.24. The van der Waals surface area contributed by atoms with Crippen molar-refractivity contribution in [2.24, 2.45) is 0 Å². The number of H-pyrrole nitrogens is 1. The van der Waals surface area contributed by atoms with Crippen molar-refractivity contribution in [1.29, 1.82) is 0 Å². The summed E-state index contributed by atoms with van der Waals surface area (Å²) >= 11 is 0. The van der Waals surface area contributed by atoms with Crippen LogP contribution >= 0.6 is 0 Å². The van der Waals surface area contributed by atoms with Gasteiger partial charge in [0.2, 0.25) is 0 Å². The van der Waals surface area contributed by atoms with E-state index in [4.69, 9.17) is 0 Å². The molecule has 3 aromatic rings. The fourth-order valence-electron chi connectivity index (χ4n) is 3.63. The van der Waals surface area contributed by atoms with Crippen molar-refractivity contribution in [2.75, 3.05) is 19.6 Å². The zero-order chi connectivity index (χ0) is 14.9. The van der Waals surface area contributed by atoms with Crippen molar-refractivity contribution in [3.8, 4) is 11.4 Å². The molecule has 4 nitrogen and oxygen atoms in total. The Morgan fingerprint density at radius 2 is 2.27 bits per heavy atom. The highest BCUT2D eigenvalue weighted by molar-refractivity contribution is 5.92. The zero-order valence-electron chi connectivity index (χ0n) is 13.0. The summed E-state index contributed by atoms with van der Waals surface area (Å²) in [4.78, 5) is 10.6. The Balaban J connectivity index is 1.75. The van der Waals surface area contributed by atoms with E-state index >= 15 is 0 Å². The van der Waals surface area contributed by atoms with Crippen LogP contribution in [0.3, 0.4) is 0 Å². The number of likely N-dealkylation sites (tertiary alicyclic amines) is 1. The lowest BCUT2D eigenvalue weighted by Gasteiger charge is -2.33. The van der Waals surface area contributed by atoms with E-state index in [2.05, 4.69) is 56.8 Å². The summed E-state index contributed by atoms with van der Waals surface area (Å²) in [6.07, 6.45) is 8.58. The number of fused-ring (bicyclic) bond motifs is 1. The molecular formula is C18H22N4. The zero-order valence-corrected chi connectivity index (χ0v) is 13.0. The van der Waals surface area contributed by atoms with Gasteiger partial charge in [-0.25, -0.2) is 4.98 Å². The number of aromatic amines is 1. The summed E-state index contributed by atoms with van der Waals surface area (Å²) in [5.74, 6) is 1.08. The number of aromatic nitrogens is 3. The van der Waals surface area contributed by atoms with Crippen molar-refractivity contribution >= 4 is 10.9 Å². The first-order chi connectivity index (χ1) is 10.9. The molecule has 1 aromatic carbocycles. The second kappa shape index (κ2) is 5.61. The first kappa shape index (κ1) is 13.6. The Morgan fingerprint density at radius 1 is 1.32 bits per heavy atom. The molecule has 1 saturated heterocycles. The van der Waals surface area contributed by atoms with Gasteiger partial charge in [-0.15, -0.1) is 0 Å². The SMILES string of the molecule is CCN1CCCC(n2ccnc2-c2cccc3cc[nH]c23)C1. The van der Waals surface area contributed by atoms with Crippen LogP contribution in [0.5, 0.6) is 0 Å². The predicted octanol–water partition coefficient (Wildman–Crippen LogP) is 3.69. The first-order valence-corrected chi connectivity index (χ1v) is 8.18. The van der Waals surface area contributed by atoms with Crippen LogP contribution in [0.15, 0.2) is 42.9 Å². The minimum absolute atomic E-state index is 0.524. The second-order valence-corrected chi connectivity index (χ2v) is 6.09.